The van der Waals surface area contributed by atoms with E-state index in [9.17, 15) is 13.2 Å². The van der Waals surface area contributed by atoms with Crippen molar-refractivity contribution in [3.05, 3.63) is 87.1 Å². The lowest BCUT2D eigenvalue weighted by Crippen LogP contribution is -2.29. The van der Waals surface area contributed by atoms with E-state index in [-0.39, 0.29) is 35.6 Å². The van der Waals surface area contributed by atoms with Crippen LogP contribution in [-0.2, 0) is 14.8 Å². The van der Waals surface area contributed by atoms with Crippen LogP contribution in [0.4, 0.5) is 0 Å². The number of nitrogens with zero attached hydrogens (tertiary/aromatic N) is 1. The molecule has 0 radical (unpaired) electrons. The van der Waals surface area contributed by atoms with Crippen molar-refractivity contribution < 1.29 is 13.2 Å². The zero-order valence-electron chi connectivity index (χ0n) is 15.7. The van der Waals surface area contributed by atoms with Gasteiger partial charge < -0.3 is 5.32 Å². The van der Waals surface area contributed by atoms with Gasteiger partial charge in [-0.2, -0.15) is 11.3 Å². The van der Waals surface area contributed by atoms with Crippen molar-refractivity contribution in [2.45, 2.75) is 17.4 Å². The van der Waals surface area contributed by atoms with Gasteiger partial charge in [0, 0.05) is 17.0 Å². The number of halogens is 1. The number of aliphatic imine (C=N–C) groups is 1. The lowest BCUT2D eigenvalue weighted by atomic mass is 10.0. The van der Waals surface area contributed by atoms with Crippen molar-refractivity contribution in [1.29, 1.82) is 0 Å². The molecule has 0 saturated heterocycles. The minimum atomic E-state index is -3.58. The van der Waals surface area contributed by atoms with Crippen molar-refractivity contribution in [2.24, 2.45) is 4.99 Å². The van der Waals surface area contributed by atoms with Gasteiger partial charge in [-0.05, 0) is 52.2 Å². The molecule has 1 aliphatic rings. The number of sulfonamides is 1. The van der Waals surface area contributed by atoms with Gasteiger partial charge in [-0.15, -0.1) is 0 Å². The number of carbonyl (C=O) groups is 1. The Morgan fingerprint density at radius 2 is 1.87 bits per heavy atom. The normalized spacial score (nSPS) is 16.6. The van der Waals surface area contributed by atoms with Crippen LogP contribution in [-0.4, -0.2) is 26.7 Å². The van der Waals surface area contributed by atoms with E-state index in [1.807, 2.05) is 29.0 Å². The van der Waals surface area contributed by atoms with Crippen molar-refractivity contribution in [2.75, 3.05) is 6.54 Å². The molecule has 2 aromatic carbocycles. The number of amidine groups is 1. The molecule has 0 spiro atoms. The molecule has 1 amide bonds. The highest BCUT2D eigenvalue weighted by molar-refractivity contribution is 7.90. The van der Waals surface area contributed by atoms with Crippen LogP contribution in [0.2, 0.25) is 5.02 Å². The number of hydrogen-bond donors (Lipinski definition) is 2. The average Bonchev–Trinajstić information content (AvgIpc) is 3.34. The van der Waals surface area contributed by atoms with E-state index in [1.165, 1.54) is 6.07 Å². The van der Waals surface area contributed by atoms with E-state index in [4.69, 9.17) is 11.6 Å². The summed E-state index contributed by atoms with van der Waals surface area (Å²) in [4.78, 5) is 17.1. The van der Waals surface area contributed by atoms with Gasteiger partial charge in [-0.25, -0.2) is 8.42 Å². The Morgan fingerprint density at radius 1 is 1.10 bits per heavy atom. The molecule has 6 nitrogen and oxygen atoms in total. The van der Waals surface area contributed by atoms with Gasteiger partial charge in [0.2, 0.25) is 5.91 Å². The van der Waals surface area contributed by atoms with Crippen LogP contribution in [0.3, 0.4) is 0 Å². The summed E-state index contributed by atoms with van der Waals surface area (Å²) in [5, 5.41) is 7.61. The second-order valence-corrected chi connectivity index (χ2v) is 9.56. The molecule has 0 bridgehead atoms. The molecule has 0 fully saturated rings. The third-order valence-electron chi connectivity index (χ3n) is 4.66. The summed E-state index contributed by atoms with van der Waals surface area (Å²) in [5.41, 5.74) is 2.43. The van der Waals surface area contributed by atoms with Crippen molar-refractivity contribution >= 4 is 44.7 Å². The maximum Gasteiger partial charge on any atom is 0.263 e. The number of thiophene rings is 1. The highest BCUT2D eigenvalue weighted by Gasteiger charge is 2.30. The van der Waals surface area contributed by atoms with Gasteiger partial charge in [0.05, 0.1) is 17.5 Å². The fraction of sp³-hybridized carbons (Fsp3) is 0.143. The van der Waals surface area contributed by atoms with Gasteiger partial charge in [-0.3, -0.25) is 14.5 Å². The second-order valence-electron chi connectivity index (χ2n) is 6.69. The largest absolute Gasteiger partial charge is 0.345 e. The summed E-state index contributed by atoms with van der Waals surface area (Å²) in [6.45, 7) is 0.162. The quantitative estimate of drug-likeness (QED) is 0.588. The number of fused-ring (bicyclic) bond motifs is 1. The topological polar surface area (TPSA) is 87.6 Å². The van der Waals surface area contributed by atoms with E-state index in [1.54, 1.807) is 41.7 Å². The minimum absolute atomic E-state index is 0.127. The molecular weight excluding hydrogens is 442 g/mol. The number of rotatable bonds is 6. The standard InChI is InChI=1S/C21H18ClN3O3S2/c22-16-7-5-14(6-8-16)20(15-10-12-29-13-15)24-19(26)9-11-23-21-17-3-1-2-4-18(17)30(27,28)25-21/h1-8,10,12-13,20H,9,11H2,(H,23,25)(H,24,26). The monoisotopic (exact) mass is 459 g/mol. The number of amides is 1. The van der Waals surface area contributed by atoms with E-state index >= 15 is 0 Å². The van der Waals surface area contributed by atoms with Crippen LogP contribution in [0.25, 0.3) is 0 Å². The summed E-state index contributed by atoms with van der Waals surface area (Å²) in [6, 6.07) is 15.7. The van der Waals surface area contributed by atoms with Crippen LogP contribution < -0.4 is 10.0 Å². The molecular formula is C21H18ClN3O3S2. The molecule has 1 unspecified atom stereocenters. The maximum atomic E-state index is 12.6. The van der Waals surface area contributed by atoms with Gasteiger partial charge in [0.15, 0.2) is 0 Å². The molecule has 0 aliphatic carbocycles. The summed E-state index contributed by atoms with van der Waals surface area (Å²) >= 11 is 7.54. The van der Waals surface area contributed by atoms with Crippen molar-refractivity contribution in [1.82, 2.24) is 10.0 Å². The second kappa shape index (κ2) is 8.59. The first-order valence-electron chi connectivity index (χ1n) is 9.17. The lowest BCUT2D eigenvalue weighted by molar-refractivity contribution is -0.121. The molecule has 9 heteroatoms. The van der Waals surface area contributed by atoms with E-state index < -0.39 is 10.0 Å². The Bertz CT molecular complexity index is 1190. The van der Waals surface area contributed by atoms with E-state index in [2.05, 4.69) is 15.0 Å². The molecule has 0 saturated carbocycles. The van der Waals surface area contributed by atoms with Crippen LogP contribution in [0.5, 0.6) is 0 Å². The predicted octanol–water partition coefficient (Wildman–Crippen LogP) is 3.74. The number of hydrogen-bond acceptors (Lipinski definition) is 5. The van der Waals surface area contributed by atoms with Crippen LogP contribution >= 0.6 is 22.9 Å². The summed E-state index contributed by atoms with van der Waals surface area (Å²) < 4.78 is 26.7. The lowest BCUT2D eigenvalue weighted by Gasteiger charge is -2.18. The molecule has 3 aromatic rings. The fourth-order valence-corrected chi connectivity index (χ4v) is 5.27. The molecule has 1 atom stereocenters. The number of benzene rings is 2. The first kappa shape index (κ1) is 20.6. The van der Waals surface area contributed by atoms with E-state index in [0.29, 0.717) is 10.6 Å². The molecule has 30 heavy (non-hydrogen) atoms. The van der Waals surface area contributed by atoms with Crippen molar-refractivity contribution in [3.63, 3.8) is 0 Å². The first-order chi connectivity index (χ1) is 14.4. The average molecular weight is 460 g/mol. The third-order valence-corrected chi connectivity index (χ3v) is 7.01. The minimum Gasteiger partial charge on any atom is -0.345 e. The highest BCUT2D eigenvalue weighted by atomic mass is 35.5. The van der Waals surface area contributed by atoms with Gasteiger partial charge in [-0.1, -0.05) is 35.9 Å². The Hall–Kier alpha value is -2.68. The molecule has 2 N–H and O–H groups in total. The molecule has 1 aromatic heterocycles. The highest BCUT2D eigenvalue weighted by Crippen LogP contribution is 2.26. The molecule has 4 rings (SSSR count). The number of carbonyl (C=O) groups excluding carboxylic acids is 1. The van der Waals surface area contributed by atoms with Crippen LogP contribution in [0.15, 0.2) is 75.2 Å². The zero-order valence-corrected chi connectivity index (χ0v) is 18.1. The summed E-state index contributed by atoms with van der Waals surface area (Å²) in [5.74, 6) is 0.0881. The Kier molecular flexibility index (Phi) is 5.90. The Balaban J connectivity index is 1.45. The first-order valence-corrected chi connectivity index (χ1v) is 12.0. The smallest absolute Gasteiger partial charge is 0.263 e. The summed E-state index contributed by atoms with van der Waals surface area (Å²) in [7, 11) is -3.58. The number of nitrogens with one attached hydrogen (secondary N) is 2. The van der Waals surface area contributed by atoms with Crippen LogP contribution in [0, 0.1) is 0 Å². The van der Waals surface area contributed by atoms with Crippen LogP contribution in [0.1, 0.15) is 29.2 Å². The SMILES string of the molecule is O=C(CCN=C1NS(=O)(=O)c2ccccc21)NC(c1ccc(Cl)cc1)c1ccsc1. The summed E-state index contributed by atoms with van der Waals surface area (Å²) in [6.07, 6.45) is 0.127. The Labute approximate surface area is 183 Å². The van der Waals surface area contributed by atoms with Gasteiger partial charge in [0.1, 0.15) is 5.84 Å². The Morgan fingerprint density at radius 3 is 2.60 bits per heavy atom. The predicted molar refractivity (Wildman–Crippen MR) is 119 cm³/mol. The third kappa shape index (κ3) is 4.40. The van der Waals surface area contributed by atoms with E-state index in [0.717, 1.165) is 11.1 Å². The zero-order chi connectivity index (χ0) is 21.1. The van der Waals surface area contributed by atoms with Gasteiger partial charge >= 0.3 is 0 Å². The van der Waals surface area contributed by atoms with Crippen molar-refractivity contribution in [3.8, 4) is 0 Å². The molecule has 2 heterocycles. The molecule has 154 valence electrons. The molecule has 1 aliphatic heterocycles. The van der Waals surface area contributed by atoms with Gasteiger partial charge in [0.25, 0.3) is 10.0 Å². The maximum absolute atomic E-state index is 12.6. The fourth-order valence-electron chi connectivity index (χ4n) is 3.21.